The molecule has 6 nitrogen and oxygen atoms in total. The number of nitrogens with one attached hydrogen (secondary N) is 1. The molecule has 1 aromatic heterocycles. The molecule has 4 rings (SSSR count). The van der Waals surface area contributed by atoms with Gasteiger partial charge in [0, 0.05) is 11.2 Å². The zero-order valence-corrected chi connectivity index (χ0v) is 15.2. The second-order valence-corrected chi connectivity index (χ2v) is 6.41. The number of nitrogens with zero attached hydrogens (tertiary/aromatic N) is 2. The molecular weight excluding hydrogens is 378 g/mol. The summed E-state index contributed by atoms with van der Waals surface area (Å²) >= 11 is 5.97. The van der Waals surface area contributed by atoms with Crippen molar-refractivity contribution in [2.75, 3.05) is 0 Å². The Morgan fingerprint density at radius 1 is 1.07 bits per heavy atom. The predicted octanol–water partition coefficient (Wildman–Crippen LogP) is 4.15. The van der Waals surface area contributed by atoms with Crippen LogP contribution in [0.5, 0.6) is 17.2 Å². The highest BCUT2D eigenvalue weighted by molar-refractivity contribution is 6.31. The Labute approximate surface area is 165 Å². The normalized spacial score (nSPS) is 14.7. The predicted molar refractivity (Wildman–Crippen MR) is 107 cm³/mol. The van der Waals surface area contributed by atoms with Gasteiger partial charge in [0.25, 0.3) is 5.91 Å². The van der Waals surface area contributed by atoms with Crippen LogP contribution in [0, 0.1) is 0 Å². The zero-order chi connectivity index (χ0) is 19.5. The van der Waals surface area contributed by atoms with Gasteiger partial charge < -0.3 is 15.2 Å². The van der Waals surface area contributed by atoms with Crippen LogP contribution >= 0.6 is 11.6 Å². The third-order valence-corrected chi connectivity index (χ3v) is 4.18. The Balaban J connectivity index is 1.62. The first-order valence-corrected chi connectivity index (χ1v) is 8.75. The van der Waals surface area contributed by atoms with Crippen LogP contribution in [0.4, 0.5) is 0 Å². The lowest BCUT2D eigenvalue weighted by molar-refractivity contribution is -0.115. The molecule has 1 aliphatic heterocycles. The smallest absolute Gasteiger partial charge is 0.275 e. The largest absolute Gasteiger partial charge is 0.507 e. The molecule has 1 amide bonds. The number of rotatable bonds is 4. The van der Waals surface area contributed by atoms with Gasteiger partial charge in [-0.2, -0.15) is 0 Å². The van der Waals surface area contributed by atoms with E-state index >= 15 is 0 Å². The molecule has 3 aromatic rings. The van der Waals surface area contributed by atoms with Crippen molar-refractivity contribution < 1.29 is 14.6 Å². The highest BCUT2D eigenvalue weighted by Gasteiger charge is 2.23. The second kappa shape index (κ2) is 7.54. The summed E-state index contributed by atoms with van der Waals surface area (Å²) < 4.78 is 5.75. The van der Waals surface area contributed by atoms with Crippen molar-refractivity contribution in [2.45, 2.75) is 0 Å². The van der Waals surface area contributed by atoms with Gasteiger partial charge in [-0.05, 0) is 54.1 Å². The SMILES string of the molecule is O=C1NC(c2cc(Cl)ccc2O)=NC1=Cc1cccc(Oc2cccnc2)c1. The van der Waals surface area contributed by atoms with Gasteiger partial charge in [-0.1, -0.05) is 23.7 Å². The number of amides is 1. The monoisotopic (exact) mass is 391 g/mol. The number of pyridine rings is 1. The molecule has 0 saturated heterocycles. The number of aromatic nitrogens is 1. The van der Waals surface area contributed by atoms with E-state index in [0.29, 0.717) is 22.1 Å². The minimum atomic E-state index is -0.368. The molecule has 0 fully saturated rings. The summed E-state index contributed by atoms with van der Waals surface area (Å²) in [6, 6.07) is 15.4. The fourth-order valence-electron chi connectivity index (χ4n) is 2.66. The van der Waals surface area contributed by atoms with Crippen LogP contribution in [0.2, 0.25) is 5.02 Å². The number of hydrogen-bond acceptors (Lipinski definition) is 5. The highest BCUT2D eigenvalue weighted by atomic mass is 35.5. The van der Waals surface area contributed by atoms with Crippen molar-refractivity contribution in [1.29, 1.82) is 0 Å². The van der Waals surface area contributed by atoms with E-state index in [4.69, 9.17) is 16.3 Å². The van der Waals surface area contributed by atoms with Crippen LogP contribution < -0.4 is 10.1 Å². The number of hydrogen-bond donors (Lipinski definition) is 2. The molecular formula is C21H14ClN3O3. The van der Waals surface area contributed by atoms with Crippen molar-refractivity contribution in [2.24, 2.45) is 4.99 Å². The lowest BCUT2D eigenvalue weighted by Crippen LogP contribution is -2.24. The summed E-state index contributed by atoms with van der Waals surface area (Å²) in [5.41, 5.74) is 1.32. The Hall–Kier alpha value is -3.64. The molecule has 0 bridgehead atoms. The van der Waals surface area contributed by atoms with E-state index < -0.39 is 0 Å². The second-order valence-electron chi connectivity index (χ2n) is 5.97. The van der Waals surface area contributed by atoms with Crippen LogP contribution in [0.25, 0.3) is 6.08 Å². The zero-order valence-electron chi connectivity index (χ0n) is 14.5. The Morgan fingerprint density at radius 2 is 1.93 bits per heavy atom. The summed E-state index contributed by atoms with van der Waals surface area (Å²) in [7, 11) is 0. The van der Waals surface area contributed by atoms with Gasteiger partial charge in [0.2, 0.25) is 0 Å². The fraction of sp³-hybridized carbons (Fsp3) is 0. The molecule has 2 heterocycles. The van der Waals surface area contributed by atoms with Crippen molar-refractivity contribution in [3.63, 3.8) is 0 Å². The van der Waals surface area contributed by atoms with E-state index in [1.54, 1.807) is 48.8 Å². The molecule has 0 aliphatic carbocycles. The molecule has 138 valence electrons. The van der Waals surface area contributed by atoms with Crippen molar-refractivity contribution in [1.82, 2.24) is 10.3 Å². The standard InChI is InChI=1S/C21H14ClN3O3/c22-14-6-7-19(26)17(11-14)20-24-18(21(27)25-20)10-13-3-1-4-15(9-13)28-16-5-2-8-23-12-16/h1-12,26H,(H,24,25,27). The number of phenols is 1. The lowest BCUT2D eigenvalue weighted by Gasteiger charge is -2.05. The molecule has 0 atom stereocenters. The minimum absolute atomic E-state index is 0.0171. The molecule has 1 aliphatic rings. The summed E-state index contributed by atoms with van der Waals surface area (Å²) in [6.07, 6.45) is 4.92. The quantitative estimate of drug-likeness (QED) is 0.654. The van der Waals surface area contributed by atoms with E-state index in [-0.39, 0.29) is 23.2 Å². The number of carbonyl (C=O) groups excluding carboxylic acids is 1. The lowest BCUT2D eigenvalue weighted by atomic mass is 10.2. The van der Waals surface area contributed by atoms with Gasteiger partial charge >= 0.3 is 0 Å². The van der Waals surface area contributed by atoms with Crippen molar-refractivity contribution >= 4 is 29.4 Å². The number of halogens is 1. The van der Waals surface area contributed by atoms with E-state index in [2.05, 4.69) is 15.3 Å². The topological polar surface area (TPSA) is 83.8 Å². The van der Waals surface area contributed by atoms with E-state index in [0.717, 1.165) is 5.56 Å². The number of amidine groups is 1. The van der Waals surface area contributed by atoms with Crippen LogP contribution in [-0.2, 0) is 4.79 Å². The van der Waals surface area contributed by atoms with Gasteiger partial charge in [0.05, 0.1) is 11.8 Å². The average Bonchev–Trinajstić information content (AvgIpc) is 3.05. The maximum Gasteiger partial charge on any atom is 0.275 e. The van der Waals surface area contributed by atoms with Gasteiger partial charge in [-0.3, -0.25) is 9.78 Å². The Bertz CT molecular complexity index is 1110. The number of aromatic hydroxyl groups is 1. The van der Waals surface area contributed by atoms with E-state index in [9.17, 15) is 9.90 Å². The molecule has 0 spiro atoms. The Kier molecular flexibility index (Phi) is 4.78. The third kappa shape index (κ3) is 3.87. The third-order valence-electron chi connectivity index (χ3n) is 3.94. The number of aliphatic imine (C=N–C) groups is 1. The number of carbonyl (C=O) groups is 1. The molecule has 0 saturated carbocycles. The maximum absolute atomic E-state index is 12.3. The molecule has 7 heteroatoms. The molecule has 2 aromatic carbocycles. The van der Waals surface area contributed by atoms with Crippen molar-refractivity contribution in [3.05, 3.63) is 88.8 Å². The van der Waals surface area contributed by atoms with Crippen molar-refractivity contribution in [3.8, 4) is 17.2 Å². The summed E-state index contributed by atoms with van der Waals surface area (Å²) in [5.74, 6) is 1.09. The maximum atomic E-state index is 12.3. The first-order chi connectivity index (χ1) is 13.6. The highest BCUT2D eigenvalue weighted by Crippen LogP contribution is 2.26. The van der Waals surface area contributed by atoms with Gasteiger partial charge in [0.15, 0.2) is 0 Å². The Morgan fingerprint density at radius 3 is 2.75 bits per heavy atom. The van der Waals surface area contributed by atoms with Crippen LogP contribution in [0.15, 0.2) is 77.7 Å². The molecule has 0 radical (unpaired) electrons. The molecule has 0 unspecified atom stereocenters. The van der Waals surface area contributed by atoms with Gasteiger partial charge in [-0.25, -0.2) is 4.99 Å². The van der Waals surface area contributed by atoms with E-state index in [1.165, 1.54) is 6.07 Å². The molecule has 28 heavy (non-hydrogen) atoms. The number of benzene rings is 2. The number of phenolic OH excluding ortho intramolecular Hbond substituents is 1. The summed E-state index contributed by atoms with van der Waals surface area (Å²) in [4.78, 5) is 20.6. The van der Waals surface area contributed by atoms with Crippen LogP contribution in [-0.4, -0.2) is 21.8 Å². The minimum Gasteiger partial charge on any atom is -0.507 e. The van der Waals surface area contributed by atoms with Crippen LogP contribution in [0.3, 0.4) is 0 Å². The van der Waals surface area contributed by atoms with Gasteiger partial charge in [-0.15, -0.1) is 0 Å². The van der Waals surface area contributed by atoms with E-state index in [1.807, 2.05) is 18.2 Å². The number of ether oxygens (including phenoxy) is 1. The summed E-state index contributed by atoms with van der Waals surface area (Å²) in [6.45, 7) is 0. The molecule has 2 N–H and O–H groups in total. The summed E-state index contributed by atoms with van der Waals surface area (Å²) in [5, 5.41) is 13.1. The average molecular weight is 392 g/mol. The first kappa shape index (κ1) is 17.8. The first-order valence-electron chi connectivity index (χ1n) is 8.37. The van der Waals surface area contributed by atoms with Crippen LogP contribution in [0.1, 0.15) is 11.1 Å². The van der Waals surface area contributed by atoms with Gasteiger partial charge in [0.1, 0.15) is 28.8 Å². The fourth-order valence-corrected chi connectivity index (χ4v) is 2.84.